The molecule has 2 saturated heterocycles. The molecule has 2 atom stereocenters. The second-order valence-electron chi connectivity index (χ2n) is 5.57. The summed E-state index contributed by atoms with van der Waals surface area (Å²) in [5.74, 6) is 0.188. The summed E-state index contributed by atoms with van der Waals surface area (Å²) >= 11 is 5.83. The van der Waals surface area contributed by atoms with E-state index in [0.717, 1.165) is 24.9 Å². The van der Waals surface area contributed by atoms with E-state index in [1.165, 1.54) is 6.07 Å². The Morgan fingerprint density at radius 1 is 1.48 bits per heavy atom. The Balaban J connectivity index is 1.78. The van der Waals surface area contributed by atoms with Crippen LogP contribution in [0.4, 0.5) is 5.69 Å². The number of piperidine rings is 1. The molecule has 7 heteroatoms. The van der Waals surface area contributed by atoms with Crippen molar-refractivity contribution in [2.45, 2.75) is 25.4 Å². The summed E-state index contributed by atoms with van der Waals surface area (Å²) in [5.41, 5.74) is 0.787. The van der Waals surface area contributed by atoms with Gasteiger partial charge in [-0.2, -0.15) is 0 Å². The predicted octanol–water partition coefficient (Wildman–Crippen LogP) is 1.96. The number of nitrogens with zero attached hydrogens (tertiary/aromatic N) is 2. The standard InChI is InChI=1S/C14H16ClN3O3/c15-11-4-3-9(6-12(11)18(20)21)8-17-5-1-2-10-13(17)7-16-14(10)19/h3-4,6,10,13H,1-2,5,7-8H2,(H,16,19). The molecule has 0 bridgehead atoms. The van der Waals surface area contributed by atoms with Crippen LogP contribution in [-0.4, -0.2) is 34.9 Å². The number of fused-ring (bicyclic) bond motifs is 1. The largest absolute Gasteiger partial charge is 0.354 e. The van der Waals surface area contributed by atoms with E-state index in [4.69, 9.17) is 11.6 Å². The summed E-state index contributed by atoms with van der Waals surface area (Å²) in [4.78, 5) is 24.5. The minimum Gasteiger partial charge on any atom is -0.354 e. The van der Waals surface area contributed by atoms with Crippen LogP contribution in [0.3, 0.4) is 0 Å². The number of carbonyl (C=O) groups is 1. The normalized spacial score (nSPS) is 25.5. The lowest BCUT2D eigenvalue weighted by atomic mass is 9.91. The lowest BCUT2D eigenvalue weighted by molar-refractivity contribution is -0.384. The van der Waals surface area contributed by atoms with E-state index in [1.54, 1.807) is 6.07 Å². The molecule has 0 aliphatic carbocycles. The summed E-state index contributed by atoms with van der Waals surface area (Å²) in [6.07, 6.45) is 1.90. The molecule has 6 nitrogen and oxygen atoms in total. The van der Waals surface area contributed by atoms with E-state index in [2.05, 4.69) is 10.2 Å². The zero-order valence-corrected chi connectivity index (χ0v) is 12.2. The van der Waals surface area contributed by atoms with Crippen molar-refractivity contribution in [1.82, 2.24) is 10.2 Å². The number of nitrogens with one attached hydrogen (secondary N) is 1. The van der Waals surface area contributed by atoms with E-state index in [0.29, 0.717) is 13.1 Å². The van der Waals surface area contributed by atoms with Crippen molar-refractivity contribution in [3.63, 3.8) is 0 Å². The number of benzene rings is 1. The highest BCUT2D eigenvalue weighted by Crippen LogP contribution is 2.30. The van der Waals surface area contributed by atoms with Gasteiger partial charge in [0, 0.05) is 25.2 Å². The zero-order valence-electron chi connectivity index (χ0n) is 11.4. The molecule has 1 aromatic carbocycles. The molecular weight excluding hydrogens is 294 g/mol. The number of likely N-dealkylation sites (tertiary alicyclic amines) is 1. The molecule has 0 spiro atoms. The third-order valence-corrected chi connectivity index (χ3v) is 4.63. The minimum absolute atomic E-state index is 0.0565. The average Bonchev–Trinajstić information content (AvgIpc) is 2.84. The van der Waals surface area contributed by atoms with Crippen LogP contribution in [0.25, 0.3) is 0 Å². The van der Waals surface area contributed by atoms with E-state index in [-0.39, 0.29) is 28.6 Å². The maximum absolute atomic E-state index is 11.8. The van der Waals surface area contributed by atoms with Crippen molar-refractivity contribution >= 4 is 23.2 Å². The maximum atomic E-state index is 11.8. The molecule has 1 aromatic rings. The fraction of sp³-hybridized carbons (Fsp3) is 0.500. The van der Waals surface area contributed by atoms with Crippen LogP contribution in [0.5, 0.6) is 0 Å². The van der Waals surface area contributed by atoms with E-state index < -0.39 is 4.92 Å². The smallest absolute Gasteiger partial charge is 0.288 e. The highest BCUT2D eigenvalue weighted by Gasteiger charge is 2.40. The number of hydrogen-bond acceptors (Lipinski definition) is 4. The van der Waals surface area contributed by atoms with Crippen molar-refractivity contribution in [3.8, 4) is 0 Å². The minimum atomic E-state index is -0.467. The Kier molecular flexibility index (Phi) is 3.82. The van der Waals surface area contributed by atoms with Gasteiger partial charge in [-0.3, -0.25) is 19.8 Å². The molecule has 0 saturated carbocycles. The van der Waals surface area contributed by atoms with Crippen LogP contribution >= 0.6 is 11.6 Å². The summed E-state index contributed by atoms with van der Waals surface area (Å²) in [5, 5.41) is 14.0. The molecule has 0 radical (unpaired) electrons. The first kappa shape index (κ1) is 14.3. The molecule has 2 heterocycles. The van der Waals surface area contributed by atoms with Crippen LogP contribution in [0, 0.1) is 16.0 Å². The van der Waals surface area contributed by atoms with Crippen LogP contribution < -0.4 is 5.32 Å². The van der Waals surface area contributed by atoms with Gasteiger partial charge in [0.25, 0.3) is 5.69 Å². The van der Waals surface area contributed by atoms with Crippen molar-refractivity contribution in [3.05, 3.63) is 38.9 Å². The van der Waals surface area contributed by atoms with Gasteiger partial charge in [0.05, 0.1) is 10.8 Å². The van der Waals surface area contributed by atoms with E-state index in [1.807, 2.05) is 6.07 Å². The number of halogens is 1. The Morgan fingerprint density at radius 2 is 2.29 bits per heavy atom. The van der Waals surface area contributed by atoms with Gasteiger partial charge in [-0.15, -0.1) is 0 Å². The maximum Gasteiger partial charge on any atom is 0.288 e. The van der Waals surface area contributed by atoms with Crippen LogP contribution in [0.1, 0.15) is 18.4 Å². The van der Waals surface area contributed by atoms with Gasteiger partial charge < -0.3 is 5.32 Å². The van der Waals surface area contributed by atoms with Crippen LogP contribution in [0.15, 0.2) is 18.2 Å². The average molecular weight is 310 g/mol. The van der Waals surface area contributed by atoms with E-state index in [9.17, 15) is 14.9 Å². The van der Waals surface area contributed by atoms with Crippen molar-refractivity contribution < 1.29 is 9.72 Å². The summed E-state index contributed by atoms with van der Waals surface area (Å²) in [6, 6.07) is 5.09. The van der Waals surface area contributed by atoms with Gasteiger partial charge in [0.2, 0.25) is 5.91 Å². The number of nitro benzene ring substituents is 1. The third kappa shape index (κ3) is 2.73. The van der Waals surface area contributed by atoms with Gasteiger partial charge >= 0.3 is 0 Å². The van der Waals surface area contributed by atoms with Crippen molar-refractivity contribution in [1.29, 1.82) is 0 Å². The number of amides is 1. The third-order valence-electron chi connectivity index (χ3n) is 4.31. The lowest BCUT2D eigenvalue weighted by Gasteiger charge is -2.35. The van der Waals surface area contributed by atoms with Gasteiger partial charge in [-0.05, 0) is 31.0 Å². The van der Waals surface area contributed by atoms with Gasteiger partial charge in [-0.25, -0.2) is 0 Å². The topological polar surface area (TPSA) is 75.5 Å². The second kappa shape index (κ2) is 5.61. The zero-order chi connectivity index (χ0) is 15.0. The van der Waals surface area contributed by atoms with Gasteiger partial charge in [0.15, 0.2) is 0 Å². The van der Waals surface area contributed by atoms with Crippen LogP contribution in [-0.2, 0) is 11.3 Å². The quantitative estimate of drug-likeness (QED) is 0.684. The van der Waals surface area contributed by atoms with E-state index >= 15 is 0 Å². The SMILES string of the molecule is O=C1NCC2C1CCCN2Cc1ccc(Cl)c([N+](=O)[O-])c1. The van der Waals surface area contributed by atoms with Crippen molar-refractivity contribution in [2.24, 2.45) is 5.92 Å². The van der Waals surface area contributed by atoms with Gasteiger partial charge in [-0.1, -0.05) is 17.7 Å². The lowest BCUT2D eigenvalue weighted by Crippen LogP contribution is -2.44. The molecule has 0 aromatic heterocycles. The molecule has 2 aliphatic rings. The molecule has 112 valence electrons. The first-order chi connectivity index (χ1) is 10.1. The predicted molar refractivity (Wildman–Crippen MR) is 78.0 cm³/mol. The fourth-order valence-electron chi connectivity index (χ4n) is 3.27. The first-order valence-corrected chi connectivity index (χ1v) is 7.38. The number of carbonyl (C=O) groups excluding carboxylic acids is 1. The summed E-state index contributed by atoms with van der Waals surface area (Å²) in [7, 11) is 0. The Bertz CT molecular complexity index is 593. The fourth-order valence-corrected chi connectivity index (χ4v) is 3.45. The Labute approximate surface area is 127 Å². The Morgan fingerprint density at radius 3 is 3.05 bits per heavy atom. The molecule has 1 amide bonds. The molecule has 2 fully saturated rings. The van der Waals surface area contributed by atoms with Gasteiger partial charge in [0.1, 0.15) is 5.02 Å². The molecule has 3 rings (SSSR count). The second-order valence-corrected chi connectivity index (χ2v) is 5.98. The number of nitro groups is 1. The highest BCUT2D eigenvalue weighted by atomic mass is 35.5. The first-order valence-electron chi connectivity index (χ1n) is 7.01. The molecule has 1 N–H and O–H groups in total. The van der Waals surface area contributed by atoms with Crippen LogP contribution in [0.2, 0.25) is 5.02 Å². The molecular formula is C14H16ClN3O3. The highest BCUT2D eigenvalue weighted by molar-refractivity contribution is 6.32. The molecule has 2 unspecified atom stereocenters. The van der Waals surface area contributed by atoms with Crippen molar-refractivity contribution in [2.75, 3.05) is 13.1 Å². The summed E-state index contributed by atoms with van der Waals surface area (Å²) < 4.78 is 0. The number of hydrogen-bond donors (Lipinski definition) is 1. The monoisotopic (exact) mass is 309 g/mol. The Hall–Kier alpha value is -1.66. The number of rotatable bonds is 3. The molecule has 21 heavy (non-hydrogen) atoms. The summed E-state index contributed by atoms with van der Waals surface area (Å²) in [6.45, 7) is 2.18. The molecule has 2 aliphatic heterocycles.